The van der Waals surface area contributed by atoms with Crippen molar-refractivity contribution in [2.24, 2.45) is 0 Å². The lowest BCUT2D eigenvalue weighted by molar-refractivity contribution is -0.113. The van der Waals surface area contributed by atoms with Gasteiger partial charge >= 0.3 is 0 Å². The van der Waals surface area contributed by atoms with E-state index in [-0.39, 0.29) is 11.7 Å². The summed E-state index contributed by atoms with van der Waals surface area (Å²) in [4.78, 5) is 19.6. The number of pyridine rings is 1. The number of thioether (sulfide) groups is 1. The molecule has 1 amide bonds. The van der Waals surface area contributed by atoms with Gasteiger partial charge in [0.2, 0.25) is 5.91 Å². The normalized spacial score (nSPS) is 13.3. The first-order valence-electron chi connectivity index (χ1n) is 10.4. The fraction of sp³-hybridized carbons (Fsp3) is 0.240. The molecule has 0 aliphatic carbocycles. The molecule has 1 aliphatic heterocycles. The predicted molar refractivity (Wildman–Crippen MR) is 129 cm³/mol. The number of rotatable bonds is 6. The Morgan fingerprint density at radius 3 is 2.84 bits per heavy atom. The monoisotopic (exact) mass is 462 g/mol. The van der Waals surface area contributed by atoms with Crippen LogP contribution in [0.2, 0.25) is 5.02 Å². The number of amides is 1. The molecule has 0 atom stereocenters. The average Bonchev–Trinajstić information content (AvgIpc) is 2.80. The van der Waals surface area contributed by atoms with Crippen LogP contribution in [0.1, 0.15) is 27.9 Å². The van der Waals surface area contributed by atoms with Crippen molar-refractivity contribution in [1.29, 1.82) is 5.26 Å². The number of halogens is 1. The van der Waals surface area contributed by atoms with E-state index in [0.717, 1.165) is 42.9 Å². The molecule has 5 nitrogen and oxygen atoms in total. The second-order valence-corrected chi connectivity index (χ2v) is 9.13. The lowest BCUT2D eigenvalue weighted by Gasteiger charge is -2.28. The summed E-state index contributed by atoms with van der Waals surface area (Å²) in [5.41, 5.74) is 5.42. The zero-order valence-corrected chi connectivity index (χ0v) is 19.3. The Morgan fingerprint density at radius 2 is 2.06 bits per heavy atom. The molecule has 2 heterocycles. The lowest BCUT2D eigenvalue weighted by Crippen LogP contribution is -2.31. The molecule has 0 radical (unpaired) electrons. The number of anilines is 1. The van der Waals surface area contributed by atoms with E-state index in [4.69, 9.17) is 16.6 Å². The molecule has 0 unspecified atom stereocenters. The van der Waals surface area contributed by atoms with Gasteiger partial charge in [-0.2, -0.15) is 5.26 Å². The van der Waals surface area contributed by atoms with Crippen molar-refractivity contribution in [3.05, 3.63) is 87.6 Å². The van der Waals surface area contributed by atoms with Gasteiger partial charge in [0, 0.05) is 42.5 Å². The topological polar surface area (TPSA) is 69.0 Å². The highest BCUT2D eigenvalue weighted by molar-refractivity contribution is 8.00. The number of hydrogen-bond acceptors (Lipinski definition) is 5. The first-order valence-corrected chi connectivity index (χ1v) is 11.8. The van der Waals surface area contributed by atoms with Crippen molar-refractivity contribution < 1.29 is 4.79 Å². The zero-order chi connectivity index (χ0) is 22.5. The highest BCUT2D eigenvalue weighted by atomic mass is 35.5. The van der Waals surface area contributed by atoms with Crippen LogP contribution in [-0.4, -0.2) is 28.1 Å². The fourth-order valence-corrected chi connectivity index (χ4v) is 4.69. The second kappa shape index (κ2) is 10.2. The number of fused-ring (bicyclic) bond motifs is 1. The van der Waals surface area contributed by atoms with E-state index in [1.54, 1.807) is 12.1 Å². The second-order valence-electron chi connectivity index (χ2n) is 7.75. The molecule has 4 rings (SSSR count). The van der Waals surface area contributed by atoms with Gasteiger partial charge < -0.3 is 5.32 Å². The Morgan fingerprint density at radius 1 is 1.25 bits per heavy atom. The third-order valence-corrected chi connectivity index (χ3v) is 6.87. The van der Waals surface area contributed by atoms with Crippen LogP contribution >= 0.6 is 23.4 Å². The van der Waals surface area contributed by atoms with Gasteiger partial charge in [0.25, 0.3) is 0 Å². The van der Waals surface area contributed by atoms with E-state index < -0.39 is 0 Å². The Kier molecular flexibility index (Phi) is 7.11. The standard InChI is InChI=1S/C25H23ClN4OS/c1-17-21(26)8-5-9-22(17)28-24(31)16-32-25-19(13-27)12-20-15-30(11-10-23(20)29-25)14-18-6-3-2-4-7-18/h2-9,12H,10-11,14-16H2,1H3,(H,28,31). The Balaban J connectivity index is 1.42. The molecule has 1 aromatic heterocycles. The van der Waals surface area contributed by atoms with E-state index in [0.29, 0.717) is 21.3 Å². The van der Waals surface area contributed by atoms with Crippen molar-refractivity contribution in [3.63, 3.8) is 0 Å². The molecule has 7 heteroatoms. The summed E-state index contributed by atoms with van der Waals surface area (Å²) in [6, 6.07) is 20.0. The third kappa shape index (κ3) is 5.31. The molecule has 1 N–H and O–H groups in total. The van der Waals surface area contributed by atoms with E-state index in [1.165, 1.54) is 17.3 Å². The summed E-state index contributed by atoms with van der Waals surface area (Å²) in [5.74, 6) is 0.0184. The van der Waals surface area contributed by atoms with E-state index in [1.807, 2.05) is 25.1 Å². The minimum atomic E-state index is -0.155. The predicted octanol–water partition coefficient (Wildman–Crippen LogP) is 5.20. The maximum Gasteiger partial charge on any atom is 0.234 e. The van der Waals surface area contributed by atoms with E-state index >= 15 is 0 Å². The van der Waals surface area contributed by atoms with Crippen LogP contribution in [0.25, 0.3) is 0 Å². The summed E-state index contributed by atoms with van der Waals surface area (Å²) >= 11 is 7.42. The number of carbonyl (C=O) groups is 1. The molecule has 0 spiro atoms. The van der Waals surface area contributed by atoms with Gasteiger partial charge in [-0.3, -0.25) is 9.69 Å². The van der Waals surface area contributed by atoms with Crippen molar-refractivity contribution in [2.45, 2.75) is 31.5 Å². The van der Waals surface area contributed by atoms with Crippen molar-refractivity contribution in [1.82, 2.24) is 9.88 Å². The van der Waals surface area contributed by atoms with Gasteiger partial charge in [-0.1, -0.05) is 59.8 Å². The molecule has 32 heavy (non-hydrogen) atoms. The smallest absolute Gasteiger partial charge is 0.234 e. The molecule has 1 aliphatic rings. The number of nitrogens with one attached hydrogen (secondary N) is 1. The van der Waals surface area contributed by atoms with E-state index in [9.17, 15) is 10.1 Å². The first kappa shape index (κ1) is 22.3. The van der Waals surface area contributed by atoms with Gasteiger partial charge in [0.15, 0.2) is 0 Å². The number of nitrogens with zero attached hydrogens (tertiary/aromatic N) is 3. The number of aromatic nitrogens is 1. The van der Waals surface area contributed by atoms with Gasteiger partial charge in [-0.25, -0.2) is 4.98 Å². The number of nitriles is 1. The first-order chi connectivity index (χ1) is 15.5. The summed E-state index contributed by atoms with van der Waals surface area (Å²) < 4.78 is 0. The van der Waals surface area contributed by atoms with Gasteiger partial charge in [0.05, 0.1) is 11.3 Å². The van der Waals surface area contributed by atoms with Crippen LogP contribution in [0.5, 0.6) is 0 Å². The third-order valence-electron chi connectivity index (χ3n) is 5.47. The SMILES string of the molecule is Cc1c(Cl)cccc1NC(=O)CSc1nc2c(cc1C#N)CN(Cc1ccccc1)CC2. The van der Waals surface area contributed by atoms with Crippen molar-refractivity contribution in [3.8, 4) is 6.07 Å². The van der Waals surface area contributed by atoms with E-state index in [2.05, 4.69) is 40.6 Å². The highest BCUT2D eigenvalue weighted by Gasteiger charge is 2.21. The molecule has 162 valence electrons. The molecule has 0 saturated carbocycles. The number of benzene rings is 2. The number of carbonyl (C=O) groups excluding carboxylic acids is 1. The Bertz CT molecular complexity index is 1180. The van der Waals surface area contributed by atoms with Crippen LogP contribution in [0.4, 0.5) is 5.69 Å². The molecule has 2 aromatic carbocycles. The van der Waals surface area contributed by atoms with Crippen LogP contribution in [0.15, 0.2) is 59.6 Å². The van der Waals surface area contributed by atoms with Crippen LogP contribution in [0, 0.1) is 18.3 Å². The summed E-state index contributed by atoms with van der Waals surface area (Å²) in [6.07, 6.45) is 0.829. The summed E-state index contributed by atoms with van der Waals surface area (Å²) in [7, 11) is 0. The molecule has 3 aromatic rings. The minimum Gasteiger partial charge on any atom is -0.325 e. The fourth-order valence-electron chi connectivity index (χ4n) is 3.74. The number of hydrogen-bond donors (Lipinski definition) is 1. The van der Waals surface area contributed by atoms with Gasteiger partial charge in [0.1, 0.15) is 11.1 Å². The minimum absolute atomic E-state index is 0.155. The van der Waals surface area contributed by atoms with Gasteiger partial charge in [-0.05, 0) is 41.8 Å². The summed E-state index contributed by atoms with van der Waals surface area (Å²) in [6.45, 7) is 4.43. The maximum absolute atomic E-state index is 12.5. The van der Waals surface area contributed by atoms with Crippen LogP contribution in [-0.2, 0) is 24.3 Å². The Labute approximate surface area is 197 Å². The van der Waals surface area contributed by atoms with Crippen molar-refractivity contribution in [2.75, 3.05) is 17.6 Å². The molecule has 0 bridgehead atoms. The van der Waals surface area contributed by atoms with Crippen molar-refractivity contribution >= 4 is 35.0 Å². The quantitative estimate of drug-likeness (QED) is 0.509. The zero-order valence-electron chi connectivity index (χ0n) is 17.8. The molecular weight excluding hydrogens is 440 g/mol. The van der Waals surface area contributed by atoms with Gasteiger partial charge in [-0.15, -0.1) is 0 Å². The molecular formula is C25H23ClN4OS. The Hall–Kier alpha value is -2.85. The molecule has 0 saturated heterocycles. The summed E-state index contributed by atoms with van der Waals surface area (Å²) in [5, 5.41) is 13.8. The highest BCUT2D eigenvalue weighted by Crippen LogP contribution is 2.28. The lowest BCUT2D eigenvalue weighted by atomic mass is 10.0. The maximum atomic E-state index is 12.5. The van der Waals surface area contributed by atoms with Crippen LogP contribution < -0.4 is 5.32 Å². The largest absolute Gasteiger partial charge is 0.325 e. The molecule has 0 fully saturated rings. The average molecular weight is 463 g/mol. The van der Waals surface area contributed by atoms with Crippen LogP contribution in [0.3, 0.4) is 0 Å².